The van der Waals surface area contributed by atoms with Crippen LogP contribution in [-0.2, 0) is 14.6 Å². The Bertz CT molecular complexity index is 1300. The van der Waals surface area contributed by atoms with Crippen molar-refractivity contribution >= 4 is 32.2 Å². The molecule has 0 aliphatic heterocycles. The van der Waals surface area contributed by atoms with E-state index in [0.29, 0.717) is 5.13 Å². The van der Waals surface area contributed by atoms with Crippen LogP contribution >= 0.6 is 11.3 Å². The summed E-state index contributed by atoms with van der Waals surface area (Å²) in [6.07, 6.45) is 0. The number of sulfone groups is 1. The van der Waals surface area contributed by atoms with Crippen LogP contribution in [-0.4, -0.2) is 25.1 Å². The number of carbonyl (C=O) groups is 1. The zero-order chi connectivity index (χ0) is 21.8. The summed E-state index contributed by atoms with van der Waals surface area (Å²) in [6.45, 7) is 1.87. The van der Waals surface area contributed by atoms with E-state index in [9.17, 15) is 13.2 Å². The molecule has 1 heterocycles. The SMILES string of the molecule is Cc1ccc(S(=O)(=O)CC(=O)Nc2nc(-c3ccc(-c4ccccc4)cc3)cs2)cc1. The van der Waals surface area contributed by atoms with Gasteiger partial charge in [-0.3, -0.25) is 4.79 Å². The van der Waals surface area contributed by atoms with Gasteiger partial charge in [0.05, 0.1) is 10.6 Å². The third-order valence-electron chi connectivity index (χ3n) is 4.74. The van der Waals surface area contributed by atoms with Crippen molar-refractivity contribution in [1.82, 2.24) is 4.98 Å². The molecule has 5 nitrogen and oxygen atoms in total. The fourth-order valence-electron chi connectivity index (χ4n) is 3.08. The van der Waals surface area contributed by atoms with Gasteiger partial charge >= 0.3 is 0 Å². The maximum absolute atomic E-state index is 12.4. The van der Waals surface area contributed by atoms with Gasteiger partial charge in [0.2, 0.25) is 5.91 Å². The summed E-state index contributed by atoms with van der Waals surface area (Å²) in [5.74, 6) is -1.24. The third-order valence-corrected chi connectivity index (χ3v) is 7.13. The summed E-state index contributed by atoms with van der Waals surface area (Å²) in [7, 11) is -3.71. The normalized spacial score (nSPS) is 11.3. The molecule has 0 aliphatic carbocycles. The van der Waals surface area contributed by atoms with E-state index >= 15 is 0 Å². The first-order chi connectivity index (χ1) is 14.9. The predicted octanol–water partition coefficient (Wildman–Crippen LogP) is 5.20. The van der Waals surface area contributed by atoms with Crippen molar-refractivity contribution < 1.29 is 13.2 Å². The first-order valence-electron chi connectivity index (χ1n) is 9.61. The number of amides is 1. The Kier molecular flexibility index (Phi) is 5.97. The van der Waals surface area contributed by atoms with Gasteiger partial charge in [0, 0.05) is 10.9 Å². The topological polar surface area (TPSA) is 76.1 Å². The van der Waals surface area contributed by atoms with Crippen molar-refractivity contribution in [1.29, 1.82) is 0 Å². The molecule has 0 saturated heterocycles. The second-order valence-corrected chi connectivity index (χ2v) is 9.95. The maximum atomic E-state index is 12.4. The minimum atomic E-state index is -3.71. The number of benzene rings is 3. The van der Waals surface area contributed by atoms with Crippen molar-refractivity contribution in [3.63, 3.8) is 0 Å². The molecule has 0 spiro atoms. The number of anilines is 1. The van der Waals surface area contributed by atoms with Crippen LogP contribution in [0.25, 0.3) is 22.4 Å². The van der Waals surface area contributed by atoms with Gasteiger partial charge in [0.1, 0.15) is 5.75 Å². The lowest BCUT2D eigenvalue weighted by Crippen LogP contribution is -2.22. The molecule has 0 bridgehead atoms. The highest BCUT2D eigenvalue weighted by molar-refractivity contribution is 7.92. The molecule has 0 atom stereocenters. The van der Waals surface area contributed by atoms with Crippen LogP contribution in [0.5, 0.6) is 0 Å². The summed E-state index contributed by atoms with van der Waals surface area (Å²) < 4.78 is 24.9. The van der Waals surface area contributed by atoms with Gasteiger partial charge in [-0.25, -0.2) is 13.4 Å². The quantitative estimate of drug-likeness (QED) is 0.440. The van der Waals surface area contributed by atoms with Crippen molar-refractivity contribution in [2.75, 3.05) is 11.1 Å². The molecule has 0 saturated carbocycles. The van der Waals surface area contributed by atoms with Gasteiger partial charge in [-0.1, -0.05) is 72.3 Å². The van der Waals surface area contributed by atoms with E-state index < -0.39 is 21.5 Å². The summed E-state index contributed by atoms with van der Waals surface area (Å²) in [5.41, 5.74) is 4.84. The number of nitrogens with one attached hydrogen (secondary N) is 1. The molecular weight excluding hydrogens is 428 g/mol. The first kappa shape index (κ1) is 21.0. The number of hydrogen-bond acceptors (Lipinski definition) is 5. The van der Waals surface area contributed by atoms with Crippen LogP contribution < -0.4 is 5.32 Å². The smallest absolute Gasteiger partial charge is 0.241 e. The van der Waals surface area contributed by atoms with Gasteiger partial charge in [-0.05, 0) is 30.2 Å². The second-order valence-electron chi connectivity index (χ2n) is 7.10. The molecule has 4 aromatic rings. The minimum Gasteiger partial charge on any atom is -0.301 e. The molecule has 0 unspecified atom stereocenters. The van der Waals surface area contributed by atoms with E-state index in [0.717, 1.165) is 27.9 Å². The molecule has 0 fully saturated rings. The van der Waals surface area contributed by atoms with Gasteiger partial charge < -0.3 is 5.32 Å². The number of rotatable bonds is 6. The molecule has 7 heteroatoms. The Balaban J connectivity index is 1.43. The summed E-state index contributed by atoms with van der Waals surface area (Å²) >= 11 is 1.26. The van der Waals surface area contributed by atoms with Gasteiger partial charge in [0.15, 0.2) is 15.0 Å². The number of thiazole rings is 1. The average Bonchev–Trinajstić information content (AvgIpc) is 3.22. The van der Waals surface area contributed by atoms with Crippen LogP contribution in [0.3, 0.4) is 0 Å². The fourth-order valence-corrected chi connectivity index (χ4v) is 4.96. The number of aromatic nitrogens is 1. The Morgan fingerprint density at radius 3 is 2.16 bits per heavy atom. The lowest BCUT2D eigenvalue weighted by atomic mass is 10.0. The van der Waals surface area contributed by atoms with Crippen molar-refractivity contribution in [3.05, 3.63) is 89.8 Å². The lowest BCUT2D eigenvalue weighted by molar-refractivity contribution is -0.113. The number of carbonyl (C=O) groups excluding carboxylic acids is 1. The van der Waals surface area contributed by atoms with Crippen LogP contribution in [0.15, 0.2) is 89.1 Å². The summed E-state index contributed by atoms with van der Waals surface area (Å²) in [5, 5.41) is 4.80. The van der Waals surface area contributed by atoms with E-state index in [1.165, 1.54) is 23.5 Å². The highest BCUT2D eigenvalue weighted by atomic mass is 32.2. The Hall–Kier alpha value is -3.29. The molecule has 1 aromatic heterocycles. The third kappa shape index (κ3) is 5.07. The lowest BCUT2D eigenvalue weighted by Gasteiger charge is -2.05. The molecule has 4 rings (SSSR count). The fraction of sp³-hybridized carbons (Fsp3) is 0.0833. The summed E-state index contributed by atoms with van der Waals surface area (Å²) in [4.78, 5) is 16.9. The largest absolute Gasteiger partial charge is 0.301 e. The molecule has 0 radical (unpaired) electrons. The molecule has 0 aliphatic rings. The van der Waals surface area contributed by atoms with Crippen molar-refractivity contribution in [2.45, 2.75) is 11.8 Å². The molecule has 1 N–H and O–H groups in total. The Morgan fingerprint density at radius 1 is 0.871 bits per heavy atom. The van der Waals surface area contributed by atoms with E-state index in [2.05, 4.69) is 22.4 Å². The molecule has 3 aromatic carbocycles. The minimum absolute atomic E-state index is 0.131. The van der Waals surface area contributed by atoms with E-state index in [4.69, 9.17) is 0 Å². The van der Waals surface area contributed by atoms with Gasteiger partial charge in [-0.2, -0.15) is 0 Å². The summed E-state index contributed by atoms with van der Waals surface area (Å²) in [6, 6.07) is 24.5. The highest BCUT2D eigenvalue weighted by Gasteiger charge is 2.20. The van der Waals surface area contributed by atoms with E-state index in [-0.39, 0.29) is 4.90 Å². The number of aryl methyl sites for hydroxylation is 1. The van der Waals surface area contributed by atoms with Crippen molar-refractivity contribution in [3.8, 4) is 22.4 Å². The number of nitrogens with zero attached hydrogens (tertiary/aromatic N) is 1. The van der Waals surface area contributed by atoms with Crippen LogP contribution in [0.4, 0.5) is 5.13 Å². The van der Waals surface area contributed by atoms with Crippen LogP contribution in [0.2, 0.25) is 0 Å². The van der Waals surface area contributed by atoms with Crippen LogP contribution in [0.1, 0.15) is 5.56 Å². The zero-order valence-electron chi connectivity index (χ0n) is 16.8. The highest BCUT2D eigenvalue weighted by Crippen LogP contribution is 2.27. The number of hydrogen-bond donors (Lipinski definition) is 1. The average molecular weight is 449 g/mol. The van der Waals surface area contributed by atoms with E-state index in [1.807, 2.05) is 54.8 Å². The Labute approximate surface area is 185 Å². The van der Waals surface area contributed by atoms with Gasteiger partial charge in [-0.15, -0.1) is 11.3 Å². The monoisotopic (exact) mass is 448 g/mol. The molecular formula is C24H20N2O3S2. The van der Waals surface area contributed by atoms with Gasteiger partial charge in [0.25, 0.3) is 0 Å². The van der Waals surface area contributed by atoms with Crippen LogP contribution in [0, 0.1) is 6.92 Å². The molecule has 156 valence electrons. The second kappa shape index (κ2) is 8.83. The predicted molar refractivity (Wildman–Crippen MR) is 125 cm³/mol. The zero-order valence-corrected chi connectivity index (χ0v) is 18.4. The standard InChI is InChI=1S/C24H20N2O3S2/c1-17-7-13-21(14-8-17)31(28,29)16-23(27)26-24-25-22(15-30-24)20-11-9-19(10-12-20)18-5-3-2-4-6-18/h2-15H,16H2,1H3,(H,25,26,27). The maximum Gasteiger partial charge on any atom is 0.241 e. The van der Waals surface area contributed by atoms with Crippen molar-refractivity contribution in [2.24, 2.45) is 0 Å². The van der Waals surface area contributed by atoms with E-state index in [1.54, 1.807) is 12.1 Å². The molecule has 31 heavy (non-hydrogen) atoms. The first-order valence-corrected chi connectivity index (χ1v) is 12.1. The molecule has 1 amide bonds. The Morgan fingerprint density at radius 2 is 1.48 bits per heavy atom.